The molecule has 1 N–H and O–H groups in total. The molecule has 2 saturated carbocycles. The van der Waals surface area contributed by atoms with Crippen LogP contribution in [0.4, 0.5) is 0 Å². The molecule has 2 heterocycles. The Morgan fingerprint density at radius 2 is 1.95 bits per heavy atom. The topological polar surface area (TPSA) is 80.6 Å². The van der Waals surface area contributed by atoms with Crippen LogP contribution in [-0.2, 0) is 4.79 Å². The molecule has 6 nitrogen and oxygen atoms in total. The van der Waals surface area contributed by atoms with E-state index in [0.29, 0.717) is 29.8 Å². The van der Waals surface area contributed by atoms with Crippen molar-refractivity contribution in [3.05, 3.63) is 22.0 Å². The summed E-state index contributed by atoms with van der Waals surface area (Å²) in [5.74, 6) is 0.799. The Morgan fingerprint density at radius 3 is 2.65 bits per heavy atom. The molecular weight excluding hydrogens is 280 g/mol. The van der Waals surface area contributed by atoms with Crippen molar-refractivity contribution in [2.45, 2.75) is 31.7 Å². The third-order valence-corrected chi connectivity index (χ3v) is 4.76. The molecular formula is C13H13ClN4O2. The van der Waals surface area contributed by atoms with E-state index in [0.717, 1.165) is 12.8 Å². The molecule has 0 saturated heterocycles. The van der Waals surface area contributed by atoms with Crippen LogP contribution in [0.5, 0.6) is 0 Å². The second kappa shape index (κ2) is 4.15. The number of hydrogen-bond donors (Lipinski definition) is 1. The predicted octanol–water partition coefficient (Wildman–Crippen LogP) is 1.70. The lowest BCUT2D eigenvalue weighted by Gasteiger charge is -2.29. The number of fused-ring (bicyclic) bond motifs is 3. The van der Waals surface area contributed by atoms with E-state index in [1.54, 1.807) is 4.57 Å². The summed E-state index contributed by atoms with van der Waals surface area (Å²) in [6.07, 6.45) is 4.66. The van der Waals surface area contributed by atoms with Crippen molar-refractivity contribution in [1.82, 2.24) is 19.5 Å². The van der Waals surface area contributed by atoms with Gasteiger partial charge in [-0.15, -0.1) is 0 Å². The summed E-state index contributed by atoms with van der Waals surface area (Å²) in [7, 11) is 0. The van der Waals surface area contributed by atoms with E-state index in [-0.39, 0.29) is 28.9 Å². The van der Waals surface area contributed by atoms with Crippen LogP contribution < -0.4 is 5.69 Å². The molecule has 104 valence electrons. The van der Waals surface area contributed by atoms with E-state index in [9.17, 15) is 9.59 Å². The fourth-order valence-electron chi connectivity index (χ4n) is 3.86. The molecule has 0 spiro atoms. The van der Waals surface area contributed by atoms with Crippen LogP contribution in [0.2, 0.25) is 5.28 Å². The number of aromatic nitrogens is 4. The van der Waals surface area contributed by atoms with Gasteiger partial charge in [-0.3, -0.25) is 9.36 Å². The molecule has 2 aliphatic rings. The average Bonchev–Trinajstić information content (AvgIpc) is 2.83. The monoisotopic (exact) mass is 292 g/mol. The molecule has 2 atom stereocenters. The van der Waals surface area contributed by atoms with E-state index < -0.39 is 0 Å². The minimum absolute atomic E-state index is 0.0555. The molecule has 2 aliphatic carbocycles. The minimum Gasteiger partial charge on any atom is -0.303 e. The lowest BCUT2D eigenvalue weighted by Crippen LogP contribution is -2.34. The van der Waals surface area contributed by atoms with E-state index in [2.05, 4.69) is 15.0 Å². The van der Waals surface area contributed by atoms with Crippen LogP contribution in [-0.4, -0.2) is 25.3 Å². The maximum Gasteiger partial charge on any atom is 0.327 e. The van der Waals surface area contributed by atoms with Crippen molar-refractivity contribution >= 4 is 28.5 Å². The molecule has 2 fully saturated rings. The first-order chi connectivity index (χ1) is 9.63. The summed E-state index contributed by atoms with van der Waals surface area (Å²) in [5.41, 5.74) is 0.953. The minimum atomic E-state index is -0.187. The van der Waals surface area contributed by atoms with Gasteiger partial charge in [0.05, 0.1) is 6.20 Å². The fourth-order valence-corrected chi connectivity index (χ4v) is 3.99. The summed E-state index contributed by atoms with van der Waals surface area (Å²) < 4.78 is 1.69. The standard InChI is InChI=1S/C13H13ClN4O2/c14-12-15-5-9-11(17-12)18(13(20)16-9)10-6-1-2-7(10)4-8(19)3-6/h5-7,10H,1-4H2,(H,16,20). The summed E-state index contributed by atoms with van der Waals surface area (Å²) in [6, 6.07) is 0.0555. The maximum absolute atomic E-state index is 12.3. The number of carbonyl (C=O) groups is 1. The molecule has 2 aromatic heterocycles. The van der Waals surface area contributed by atoms with Gasteiger partial charge in [-0.2, -0.15) is 4.98 Å². The van der Waals surface area contributed by atoms with Gasteiger partial charge in [-0.25, -0.2) is 9.78 Å². The Kier molecular flexibility index (Phi) is 2.51. The highest BCUT2D eigenvalue weighted by Crippen LogP contribution is 2.48. The first-order valence-corrected chi connectivity index (χ1v) is 7.16. The number of nitrogens with zero attached hydrogens (tertiary/aromatic N) is 3. The van der Waals surface area contributed by atoms with E-state index in [4.69, 9.17) is 11.6 Å². The third-order valence-electron chi connectivity index (χ3n) is 4.58. The maximum atomic E-state index is 12.3. The van der Waals surface area contributed by atoms with Gasteiger partial charge in [0.25, 0.3) is 0 Å². The Morgan fingerprint density at radius 1 is 1.25 bits per heavy atom. The number of rotatable bonds is 1. The number of aromatic amines is 1. The molecule has 0 aliphatic heterocycles. The average molecular weight is 293 g/mol. The van der Waals surface area contributed by atoms with Crippen LogP contribution in [0, 0.1) is 11.8 Å². The normalized spacial score (nSPS) is 29.2. The van der Waals surface area contributed by atoms with Crippen LogP contribution in [0.15, 0.2) is 11.0 Å². The largest absolute Gasteiger partial charge is 0.327 e. The van der Waals surface area contributed by atoms with Crippen LogP contribution in [0.25, 0.3) is 11.2 Å². The molecule has 2 bridgehead atoms. The van der Waals surface area contributed by atoms with Crippen LogP contribution in [0.3, 0.4) is 0 Å². The number of Topliss-reactive ketones (excluding diaryl/α,β-unsaturated/α-hetero) is 1. The second-order valence-corrected chi connectivity index (χ2v) is 6.05. The van der Waals surface area contributed by atoms with E-state index in [1.807, 2.05) is 0 Å². The van der Waals surface area contributed by atoms with Gasteiger partial charge in [0.1, 0.15) is 11.3 Å². The molecule has 7 heteroatoms. The SMILES string of the molecule is O=C1CC2CCC(C1)C2n1c(=O)[nH]c2cnc(Cl)nc21. The number of imidazole rings is 1. The Hall–Kier alpha value is -1.69. The van der Waals surface area contributed by atoms with Gasteiger partial charge in [-0.05, 0) is 36.3 Å². The zero-order valence-corrected chi connectivity index (χ0v) is 11.4. The number of H-pyrrole nitrogens is 1. The smallest absolute Gasteiger partial charge is 0.303 e. The fraction of sp³-hybridized carbons (Fsp3) is 0.538. The van der Waals surface area contributed by atoms with Gasteiger partial charge in [-0.1, -0.05) is 0 Å². The first-order valence-electron chi connectivity index (χ1n) is 6.78. The van der Waals surface area contributed by atoms with Crippen molar-refractivity contribution < 1.29 is 4.79 Å². The van der Waals surface area contributed by atoms with Crippen molar-refractivity contribution in [2.24, 2.45) is 11.8 Å². The van der Waals surface area contributed by atoms with Gasteiger partial charge in [0.2, 0.25) is 5.28 Å². The first kappa shape index (κ1) is 12.1. The molecule has 20 heavy (non-hydrogen) atoms. The quantitative estimate of drug-likeness (QED) is 0.811. The zero-order valence-electron chi connectivity index (χ0n) is 10.7. The third kappa shape index (κ3) is 1.64. The van der Waals surface area contributed by atoms with Gasteiger partial charge in [0.15, 0.2) is 5.65 Å². The van der Waals surface area contributed by atoms with Crippen LogP contribution in [0.1, 0.15) is 31.7 Å². The summed E-state index contributed by atoms with van der Waals surface area (Å²) in [4.78, 5) is 34.8. The number of ketones is 1. The molecule has 4 rings (SSSR count). The Balaban J connectivity index is 1.90. The molecule has 0 radical (unpaired) electrons. The van der Waals surface area contributed by atoms with Gasteiger partial charge < -0.3 is 4.98 Å². The number of nitrogens with one attached hydrogen (secondary N) is 1. The predicted molar refractivity (Wildman–Crippen MR) is 72.7 cm³/mol. The summed E-state index contributed by atoms with van der Waals surface area (Å²) >= 11 is 5.84. The van der Waals surface area contributed by atoms with Crippen LogP contribution >= 0.6 is 11.6 Å². The van der Waals surface area contributed by atoms with Gasteiger partial charge in [0, 0.05) is 18.9 Å². The molecule has 0 amide bonds. The Labute approximate surface area is 119 Å². The molecule has 0 aromatic carbocycles. The van der Waals surface area contributed by atoms with E-state index in [1.165, 1.54) is 6.20 Å². The zero-order chi connectivity index (χ0) is 13.9. The highest BCUT2D eigenvalue weighted by molar-refractivity contribution is 6.28. The molecule has 2 unspecified atom stereocenters. The number of halogens is 1. The lowest BCUT2D eigenvalue weighted by atomic mass is 9.83. The van der Waals surface area contributed by atoms with Crippen molar-refractivity contribution in [1.29, 1.82) is 0 Å². The summed E-state index contributed by atoms with van der Waals surface area (Å²) in [5, 5.41) is 0.129. The van der Waals surface area contributed by atoms with E-state index >= 15 is 0 Å². The highest BCUT2D eigenvalue weighted by atomic mass is 35.5. The molecule has 2 aromatic rings. The highest BCUT2D eigenvalue weighted by Gasteiger charge is 2.44. The van der Waals surface area contributed by atoms with Crippen molar-refractivity contribution in [2.75, 3.05) is 0 Å². The number of carbonyl (C=O) groups excluding carboxylic acids is 1. The number of hydrogen-bond acceptors (Lipinski definition) is 4. The Bertz CT molecular complexity index is 749. The lowest BCUT2D eigenvalue weighted by molar-refractivity contribution is -0.122. The van der Waals surface area contributed by atoms with Crippen molar-refractivity contribution in [3.63, 3.8) is 0 Å². The summed E-state index contributed by atoms with van der Waals surface area (Å²) in [6.45, 7) is 0. The second-order valence-electron chi connectivity index (χ2n) is 5.71. The van der Waals surface area contributed by atoms with Crippen molar-refractivity contribution in [3.8, 4) is 0 Å². The van der Waals surface area contributed by atoms with Gasteiger partial charge >= 0.3 is 5.69 Å².